The van der Waals surface area contributed by atoms with E-state index in [0.29, 0.717) is 12.0 Å². The summed E-state index contributed by atoms with van der Waals surface area (Å²) in [6, 6.07) is 15.8. The van der Waals surface area contributed by atoms with Gasteiger partial charge in [-0.3, -0.25) is 29.1 Å². The second kappa shape index (κ2) is 12.6. The highest BCUT2D eigenvalue weighted by Crippen LogP contribution is 2.27. The number of nitrogens with zero attached hydrogens (tertiary/aromatic N) is 2. The number of phenolic OH excluding ortho intramolecular Hbond substituents is 1. The summed E-state index contributed by atoms with van der Waals surface area (Å²) in [6.45, 7) is 0.169. The van der Waals surface area contributed by atoms with Crippen molar-refractivity contribution in [1.29, 1.82) is 0 Å². The fourth-order valence-electron chi connectivity index (χ4n) is 4.07. The third-order valence-electron chi connectivity index (χ3n) is 6.28. The quantitative estimate of drug-likeness (QED) is 0.175. The van der Waals surface area contributed by atoms with Crippen LogP contribution in [0.2, 0.25) is 0 Å². The van der Waals surface area contributed by atoms with Crippen molar-refractivity contribution in [3.8, 4) is 5.75 Å². The largest absolute Gasteiger partial charge is 0.508 e. The minimum Gasteiger partial charge on any atom is -0.508 e. The molecule has 0 radical (unpaired) electrons. The zero-order valence-electron chi connectivity index (χ0n) is 21.8. The fourth-order valence-corrected chi connectivity index (χ4v) is 5.03. The molecule has 3 aromatic carbocycles. The molecule has 0 fully saturated rings. The molecule has 4 rings (SSSR count). The van der Waals surface area contributed by atoms with Crippen LogP contribution in [-0.2, 0) is 36.2 Å². The number of ketones is 1. The van der Waals surface area contributed by atoms with E-state index in [9.17, 15) is 40.6 Å². The predicted octanol–water partition coefficient (Wildman–Crippen LogP) is 2.56. The molecule has 0 spiro atoms. The van der Waals surface area contributed by atoms with Crippen LogP contribution >= 0.6 is 0 Å². The van der Waals surface area contributed by atoms with Crippen LogP contribution in [-0.4, -0.2) is 60.7 Å². The summed E-state index contributed by atoms with van der Waals surface area (Å²) in [6.07, 6.45) is 0.537. The number of hydrazone groups is 1. The maximum absolute atomic E-state index is 13.3. The maximum atomic E-state index is 13.3. The Kier molecular flexibility index (Phi) is 9.16. The van der Waals surface area contributed by atoms with Crippen LogP contribution in [0.5, 0.6) is 5.75 Å². The van der Waals surface area contributed by atoms with Gasteiger partial charge in [-0.25, -0.2) is 0 Å². The van der Waals surface area contributed by atoms with Gasteiger partial charge in [-0.2, -0.15) is 21.9 Å². The van der Waals surface area contributed by atoms with Crippen molar-refractivity contribution in [3.05, 3.63) is 83.9 Å². The smallest absolute Gasteiger partial charge is 0.294 e. The third kappa shape index (κ3) is 7.85. The fraction of sp³-hybridized carbons (Fsp3) is 0.185. The first kappa shape index (κ1) is 30.5. The van der Waals surface area contributed by atoms with Crippen molar-refractivity contribution in [3.63, 3.8) is 0 Å². The highest BCUT2D eigenvalue weighted by atomic mass is 32.2. The van der Waals surface area contributed by atoms with E-state index in [1.807, 2.05) is 0 Å². The summed E-state index contributed by atoms with van der Waals surface area (Å²) in [4.78, 5) is 30.3. The molecule has 42 heavy (non-hydrogen) atoms. The molecular formula is C27H26N4O9S2. The molecule has 1 atom stereocenters. The molecule has 0 bridgehead atoms. The molecule has 5 N–H and O–H groups in total. The molecule has 15 heteroatoms. The van der Waals surface area contributed by atoms with Crippen molar-refractivity contribution < 1.29 is 40.6 Å². The number of Topliss-reactive ketones (excluding diaryl/α,β-unsaturated/α-hetero) is 1. The molecule has 13 nitrogen and oxygen atoms in total. The number of amides is 1. The highest BCUT2D eigenvalue weighted by molar-refractivity contribution is 7.86. The highest BCUT2D eigenvalue weighted by Gasteiger charge is 2.30. The van der Waals surface area contributed by atoms with Crippen LogP contribution in [0.1, 0.15) is 30.0 Å². The van der Waals surface area contributed by atoms with Gasteiger partial charge in [0.05, 0.1) is 21.5 Å². The number of carbonyl (C=O) groups excluding carboxylic acids is 2. The van der Waals surface area contributed by atoms with Crippen LogP contribution in [0.4, 0.5) is 5.69 Å². The molecule has 220 valence electrons. The lowest BCUT2D eigenvalue weighted by atomic mass is 10.0. The van der Waals surface area contributed by atoms with Crippen LogP contribution in [0.3, 0.4) is 0 Å². The van der Waals surface area contributed by atoms with E-state index >= 15 is 0 Å². The number of benzene rings is 3. The Hall–Kier alpha value is -4.44. The Morgan fingerprint density at radius 3 is 2.02 bits per heavy atom. The summed E-state index contributed by atoms with van der Waals surface area (Å²) in [5, 5.41) is 16.3. The van der Waals surface area contributed by atoms with E-state index in [1.54, 1.807) is 12.1 Å². The Labute approximate surface area is 241 Å². The first-order valence-electron chi connectivity index (χ1n) is 12.5. The van der Waals surface area contributed by atoms with Gasteiger partial charge in [-0.05, 0) is 72.5 Å². The lowest BCUT2D eigenvalue weighted by Gasteiger charge is -2.13. The van der Waals surface area contributed by atoms with Gasteiger partial charge in [0.15, 0.2) is 17.2 Å². The number of aliphatic imine (C=N–C) groups is 1. The number of aromatic hydroxyl groups is 1. The standard InChI is InChI=1S/C27H26N4O9S2/c32-20-7-1-17(2-8-20)15-16-28-27(34)26-25(31-30-19-5-11-22(12-6-19)42(38,39)40)24(33)14-13-23(29-26)18-3-9-21(10-4-18)41(35,36)37/h1-12,23,30,32H,13-16H2,(H,28,34)(H,35,36,37)(H,38,39,40)/b31-25-. The average molecular weight is 615 g/mol. The number of rotatable bonds is 9. The van der Waals surface area contributed by atoms with Crippen molar-refractivity contribution in [2.24, 2.45) is 10.1 Å². The minimum atomic E-state index is -4.42. The number of phenols is 1. The van der Waals surface area contributed by atoms with Crippen molar-refractivity contribution >= 4 is 49.0 Å². The Morgan fingerprint density at radius 2 is 1.45 bits per heavy atom. The topological polar surface area (TPSA) is 212 Å². The first-order chi connectivity index (χ1) is 19.8. The zero-order chi connectivity index (χ0) is 30.5. The molecule has 0 saturated carbocycles. The monoisotopic (exact) mass is 614 g/mol. The van der Waals surface area contributed by atoms with E-state index in [-0.39, 0.29) is 52.0 Å². The van der Waals surface area contributed by atoms with E-state index < -0.39 is 38.0 Å². The van der Waals surface area contributed by atoms with E-state index in [2.05, 4.69) is 20.8 Å². The summed E-state index contributed by atoms with van der Waals surface area (Å²) in [5.74, 6) is -1.09. The molecule has 0 aliphatic carbocycles. The lowest BCUT2D eigenvalue weighted by Crippen LogP contribution is -2.40. The maximum Gasteiger partial charge on any atom is 0.294 e. The van der Waals surface area contributed by atoms with Crippen molar-refractivity contribution in [2.75, 3.05) is 12.0 Å². The van der Waals surface area contributed by atoms with Crippen LogP contribution in [0, 0.1) is 0 Å². The van der Waals surface area contributed by atoms with E-state index in [4.69, 9.17) is 0 Å². The molecule has 1 aliphatic rings. The van der Waals surface area contributed by atoms with Gasteiger partial charge in [0, 0.05) is 13.0 Å². The predicted molar refractivity (Wildman–Crippen MR) is 153 cm³/mol. The summed E-state index contributed by atoms with van der Waals surface area (Å²) >= 11 is 0. The van der Waals surface area contributed by atoms with Gasteiger partial charge < -0.3 is 10.4 Å². The van der Waals surface area contributed by atoms with Crippen molar-refractivity contribution in [2.45, 2.75) is 35.1 Å². The van der Waals surface area contributed by atoms with Gasteiger partial charge in [-0.15, -0.1) is 0 Å². The van der Waals surface area contributed by atoms with Crippen LogP contribution in [0.25, 0.3) is 0 Å². The second-order valence-corrected chi connectivity index (χ2v) is 12.1. The zero-order valence-corrected chi connectivity index (χ0v) is 23.5. The van der Waals surface area contributed by atoms with E-state index in [0.717, 1.165) is 17.7 Å². The molecule has 3 aromatic rings. The molecule has 1 unspecified atom stereocenters. The van der Waals surface area contributed by atoms with Gasteiger partial charge >= 0.3 is 0 Å². The minimum absolute atomic E-state index is 0.0548. The molecule has 1 heterocycles. The van der Waals surface area contributed by atoms with Crippen LogP contribution < -0.4 is 10.7 Å². The molecule has 1 amide bonds. The summed E-state index contributed by atoms with van der Waals surface area (Å²) in [7, 11) is -8.83. The van der Waals surface area contributed by atoms with Gasteiger partial charge in [-0.1, -0.05) is 24.3 Å². The first-order valence-corrected chi connectivity index (χ1v) is 15.4. The molecular weight excluding hydrogens is 588 g/mol. The van der Waals surface area contributed by atoms with Gasteiger partial charge in [0.25, 0.3) is 26.1 Å². The Bertz CT molecular complexity index is 1750. The van der Waals surface area contributed by atoms with Crippen molar-refractivity contribution in [1.82, 2.24) is 5.32 Å². The normalized spacial score (nSPS) is 16.9. The number of anilines is 1. The van der Waals surface area contributed by atoms with Gasteiger partial charge in [0.2, 0.25) is 0 Å². The third-order valence-corrected chi connectivity index (χ3v) is 8.02. The lowest BCUT2D eigenvalue weighted by molar-refractivity contribution is -0.115. The van der Waals surface area contributed by atoms with Gasteiger partial charge in [0.1, 0.15) is 5.75 Å². The molecule has 1 aliphatic heterocycles. The van der Waals surface area contributed by atoms with E-state index in [1.165, 1.54) is 48.5 Å². The number of nitrogens with one attached hydrogen (secondary N) is 2. The number of carbonyl (C=O) groups is 2. The SMILES string of the molecule is O=C(NCCc1ccc(O)cc1)C1=NC(c2ccc(S(=O)(=O)O)cc2)CCC(=O)/C1=N/Nc1ccc(S(=O)(=O)O)cc1. The molecule has 0 saturated heterocycles. The second-order valence-electron chi connectivity index (χ2n) is 9.24. The van der Waals surface area contributed by atoms with Crippen LogP contribution in [0.15, 0.2) is 92.7 Å². The Morgan fingerprint density at radius 1 is 0.881 bits per heavy atom. The summed E-state index contributed by atoms with van der Waals surface area (Å²) in [5.41, 5.74) is 3.67. The summed E-state index contributed by atoms with van der Waals surface area (Å²) < 4.78 is 63.9. The average Bonchev–Trinajstić information content (AvgIpc) is 3.11. The number of hydrogen-bond donors (Lipinski definition) is 5. The molecule has 0 aromatic heterocycles. The number of hydrogen-bond acceptors (Lipinski definition) is 10. The Balaban J connectivity index is 1.63.